The van der Waals surface area contributed by atoms with Crippen LogP contribution in [0.15, 0.2) is 48.5 Å². The predicted octanol–water partition coefficient (Wildman–Crippen LogP) is 4.80. The van der Waals surface area contributed by atoms with E-state index in [0.29, 0.717) is 12.0 Å². The van der Waals surface area contributed by atoms with Crippen molar-refractivity contribution in [1.82, 2.24) is 5.32 Å². The van der Waals surface area contributed by atoms with Crippen LogP contribution in [-0.4, -0.2) is 12.6 Å². The smallest absolute Gasteiger partial charge is 0.141 e. The molecule has 0 aromatic heterocycles. The molecular formula is C18H21ClFN. The van der Waals surface area contributed by atoms with Crippen molar-refractivity contribution in [2.75, 3.05) is 6.54 Å². The van der Waals surface area contributed by atoms with Gasteiger partial charge in [-0.15, -0.1) is 0 Å². The lowest BCUT2D eigenvalue weighted by atomic mass is 9.91. The van der Waals surface area contributed by atoms with E-state index in [1.807, 2.05) is 12.1 Å². The molecule has 0 bridgehead atoms. The third-order valence-electron chi connectivity index (χ3n) is 3.51. The highest BCUT2D eigenvalue weighted by molar-refractivity contribution is 6.30. The van der Waals surface area contributed by atoms with Gasteiger partial charge in [-0.2, -0.15) is 0 Å². The van der Waals surface area contributed by atoms with Crippen LogP contribution in [0, 0.1) is 5.82 Å². The fraction of sp³-hybridized carbons (Fsp3) is 0.333. The van der Waals surface area contributed by atoms with Crippen LogP contribution in [0.5, 0.6) is 0 Å². The summed E-state index contributed by atoms with van der Waals surface area (Å²) in [6.45, 7) is 5.16. The van der Waals surface area contributed by atoms with Gasteiger partial charge in [0.15, 0.2) is 0 Å². The van der Waals surface area contributed by atoms with Gasteiger partial charge in [0.2, 0.25) is 0 Å². The summed E-state index contributed by atoms with van der Waals surface area (Å²) in [6.07, 6.45) is 0.837. The van der Waals surface area contributed by atoms with Crippen molar-refractivity contribution in [3.63, 3.8) is 0 Å². The van der Waals surface area contributed by atoms with Gasteiger partial charge in [0, 0.05) is 18.5 Å². The molecule has 0 amide bonds. The molecule has 1 unspecified atom stereocenters. The Morgan fingerprint density at radius 1 is 1.10 bits per heavy atom. The van der Waals surface area contributed by atoms with Gasteiger partial charge in [-0.1, -0.05) is 61.8 Å². The van der Waals surface area contributed by atoms with Crippen LogP contribution < -0.4 is 5.32 Å². The standard InChI is InChI=1S/C18H21ClFN/c1-13(2)21-12-16(15-6-4-3-5-7-15)10-14-8-9-18(20)17(19)11-14/h3-9,11,13,16,21H,10,12H2,1-2H3. The highest BCUT2D eigenvalue weighted by atomic mass is 35.5. The average molecular weight is 306 g/mol. The number of nitrogens with one attached hydrogen (secondary N) is 1. The molecule has 0 saturated carbocycles. The van der Waals surface area contributed by atoms with Crippen LogP contribution in [0.3, 0.4) is 0 Å². The molecule has 0 aliphatic carbocycles. The molecule has 1 atom stereocenters. The largest absolute Gasteiger partial charge is 0.314 e. The van der Waals surface area contributed by atoms with E-state index < -0.39 is 0 Å². The van der Waals surface area contributed by atoms with Crippen molar-refractivity contribution in [1.29, 1.82) is 0 Å². The minimum Gasteiger partial charge on any atom is -0.314 e. The molecule has 112 valence electrons. The Morgan fingerprint density at radius 3 is 2.43 bits per heavy atom. The summed E-state index contributed by atoms with van der Waals surface area (Å²) in [6, 6.07) is 15.8. The summed E-state index contributed by atoms with van der Waals surface area (Å²) >= 11 is 5.88. The summed E-state index contributed by atoms with van der Waals surface area (Å²) in [5.41, 5.74) is 2.34. The summed E-state index contributed by atoms with van der Waals surface area (Å²) in [5.74, 6) is -0.0212. The van der Waals surface area contributed by atoms with Crippen LogP contribution in [0.2, 0.25) is 5.02 Å². The molecule has 2 aromatic rings. The molecule has 0 heterocycles. The number of halogens is 2. The first-order chi connectivity index (χ1) is 10.1. The van der Waals surface area contributed by atoms with Crippen LogP contribution in [0.4, 0.5) is 4.39 Å². The van der Waals surface area contributed by atoms with Crippen LogP contribution in [0.25, 0.3) is 0 Å². The molecule has 21 heavy (non-hydrogen) atoms. The molecule has 3 heteroatoms. The molecule has 0 radical (unpaired) electrons. The summed E-state index contributed by atoms with van der Waals surface area (Å²) in [7, 11) is 0. The predicted molar refractivity (Wildman–Crippen MR) is 87.4 cm³/mol. The highest BCUT2D eigenvalue weighted by Crippen LogP contribution is 2.23. The molecule has 2 rings (SSSR count). The first kappa shape index (κ1) is 16.0. The maximum Gasteiger partial charge on any atom is 0.141 e. The Balaban J connectivity index is 2.17. The summed E-state index contributed by atoms with van der Waals surface area (Å²) in [4.78, 5) is 0. The molecule has 1 N–H and O–H groups in total. The zero-order valence-corrected chi connectivity index (χ0v) is 13.2. The first-order valence-corrected chi connectivity index (χ1v) is 7.66. The Kier molecular flexibility index (Phi) is 5.77. The molecule has 0 aliphatic heterocycles. The van der Waals surface area contributed by atoms with E-state index in [2.05, 4.69) is 43.4 Å². The minimum atomic E-state index is -0.364. The zero-order valence-electron chi connectivity index (χ0n) is 12.4. The van der Waals surface area contributed by atoms with Gasteiger partial charge in [0.25, 0.3) is 0 Å². The molecule has 1 nitrogen and oxygen atoms in total. The molecule has 0 saturated heterocycles. The topological polar surface area (TPSA) is 12.0 Å². The van der Waals surface area contributed by atoms with E-state index in [9.17, 15) is 4.39 Å². The van der Waals surface area contributed by atoms with Gasteiger partial charge in [-0.25, -0.2) is 4.39 Å². The monoisotopic (exact) mass is 305 g/mol. The van der Waals surface area contributed by atoms with Crippen LogP contribution >= 0.6 is 11.6 Å². The van der Waals surface area contributed by atoms with Crippen LogP contribution in [0.1, 0.15) is 30.9 Å². The lowest BCUT2D eigenvalue weighted by molar-refractivity contribution is 0.526. The fourth-order valence-electron chi connectivity index (χ4n) is 2.36. The molecule has 0 spiro atoms. The van der Waals surface area contributed by atoms with Gasteiger partial charge in [0.1, 0.15) is 5.82 Å². The third kappa shape index (κ3) is 4.83. The maximum atomic E-state index is 13.3. The number of hydrogen-bond donors (Lipinski definition) is 1. The molecule has 2 aromatic carbocycles. The lowest BCUT2D eigenvalue weighted by Gasteiger charge is -2.20. The molecule has 0 fully saturated rings. The van der Waals surface area contributed by atoms with Crippen molar-refractivity contribution >= 4 is 11.6 Å². The second-order valence-corrected chi connectivity index (χ2v) is 6.03. The Labute approximate surface area is 131 Å². The van der Waals surface area contributed by atoms with E-state index in [4.69, 9.17) is 11.6 Å². The van der Waals surface area contributed by atoms with E-state index in [1.165, 1.54) is 11.6 Å². The van der Waals surface area contributed by atoms with Crippen molar-refractivity contribution in [3.05, 3.63) is 70.5 Å². The summed E-state index contributed by atoms with van der Waals surface area (Å²) in [5, 5.41) is 3.67. The normalized spacial score (nSPS) is 12.6. The zero-order chi connectivity index (χ0) is 15.2. The molecule has 0 aliphatic rings. The quantitative estimate of drug-likeness (QED) is 0.808. The van der Waals surface area contributed by atoms with Crippen LogP contribution in [-0.2, 0) is 6.42 Å². The number of hydrogen-bond acceptors (Lipinski definition) is 1. The van der Waals surface area contributed by atoms with E-state index >= 15 is 0 Å². The van der Waals surface area contributed by atoms with Gasteiger partial charge in [-0.05, 0) is 29.7 Å². The van der Waals surface area contributed by atoms with Gasteiger partial charge in [0.05, 0.1) is 5.02 Å². The van der Waals surface area contributed by atoms with E-state index in [-0.39, 0.29) is 10.8 Å². The SMILES string of the molecule is CC(C)NCC(Cc1ccc(F)c(Cl)c1)c1ccccc1. The minimum absolute atomic E-state index is 0.191. The van der Waals surface area contributed by atoms with E-state index in [1.54, 1.807) is 6.07 Å². The third-order valence-corrected chi connectivity index (χ3v) is 3.80. The Hall–Kier alpha value is -1.38. The van der Waals surface area contributed by atoms with E-state index in [0.717, 1.165) is 18.5 Å². The Bertz CT molecular complexity index is 569. The van der Waals surface area contributed by atoms with Gasteiger partial charge >= 0.3 is 0 Å². The summed E-state index contributed by atoms with van der Waals surface area (Å²) < 4.78 is 13.3. The van der Waals surface area contributed by atoms with Crippen molar-refractivity contribution < 1.29 is 4.39 Å². The second kappa shape index (κ2) is 7.58. The number of rotatable bonds is 6. The maximum absolute atomic E-state index is 13.3. The Morgan fingerprint density at radius 2 is 1.81 bits per heavy atom. The molecular weight excluding hydrogens is 285 g/mol. The second-order valence-electron chi connectivity index (χ2n) is 5.62. The first-order valence-electron chi connectivity index (χ1n) is 7.28. The lowest BCUT2D eigenvalue weighted by Crippen LogP contribution is -2.28. The van der Waals surface area contributed by atoms with Gasteiger partial charge in [-0.3, -0.25) is 0 Å². The van der Waals surface area contributed by atoms with Gasteiger partial charge < -0.3 is 5.32 Å². The average Bonchev–Trinajstić information content (AvgIpc) is 2.48. The van der Waals surface area contributed by atoms with Crippen molar-refractivity contribution in [3.8, 4) is 0 Å². The number of benzene rings is 2. The highest BCUT2D eigenvalue weighted by Gasteiger charge is 2.13. The van der Waals surface area contributed by atoms with Crippen molar-refractivity contribution in [2.24, 2.45) is 0 Å². The fourth-order valence-corrected chi connectivity index (χ4v) is 2.57. The van der Waals surface area contributed by atoms with Crippen molar-refractivity contribution in [2.45, 2.75) is 32.2 Å².